The molecule has 3 aromatic heterocycles. The zero-order chi connectivity index (χ0) is 21.8. The van der Waals surface area contributed by atoms with E-state index in [-0.39, 0.29) is 11.3 Å². The van der Waals surface area contributed by atoms with Crippen molar-refractivity contribution < 1.29 is 9.32 Å². The Bertz CT molecular complexity index is 1090. The number of hydrogen-bond acceptors (Lipinski definition) is 6. The van der Waals surface area contributed by atoms with Gasteiger partial charge in [0.1, 0.15) is 12.0 Å². The molecule has 0 aliphatic heterocycles. The normalized spacial score (nSPS) is 14.4. The number of allylic oxidation sites excluding steroid dienone is 1. The average molecular weight is 421 g/mol. The van der Waals surface area contributed by atoms with Crippen LogP contribution in [0.25, 0.3) is 17.3 Å². The van der Waals surface area contributed by atoms with Crippen LogP contribution in [-0.2, 0) is 5.41 Å². The van der Waals surface area contributed by atoms with Crippen molar-refractivity contribution in [1.82, 2.24) is 30.0 Å². The van der Waals surface area contributed by atoms with Crippen molar-refractivity contribution in [1.29, 1.82) is 0 Å². The topological polar surface area (TPSA) is 98.7 Å². The van der Waals surface area contributed by atoms with Gasteiger partial charge in [-0.1, -0.05) is 37.6 Å². The second-order valence-corrected chi connectivity index (χ2v) is 8.83. The molecule has 0 saturated carbocycles. The molecule has 8 heteroatoms. The van der Waals surface area contributed by atoms with Crippen LogP contribution in [0, 0.1) is 0 Å². The highest BCUT2D eigenvalue weighted by Gasteiger charge is 2.23. The summed E-state index contributed by atoms with van der Waals surface area (Å²) in [6.07, 6.45) is 12.9. The number of imidazole rings is 1. The number of nitrogens with one attached hydrogen (secondary N) is 1. The van der Waals surface area contributed by atoms with Crippen molar-refractivity contribution in [3.8, 4) is 17.3 Å². The molecule has 0 atom stereocenters. The van der Waals surface area contributed by atoms with Crippen molar-refractivity contribution in [2.75, 3.05) is 6.54 Å². The van der Waals surface area contributed by atoms with Crippen LogP contribution >= 0.6 is 0 Å². The maximum absolute atomic E-state index is 12.5. The largest absolute Gasteiger partial charge is 0.350 e. The number of hydrogen-bond donors (Lipinski definition) is 1. The highest BCUT2D eigenvalue weighted by atomic mass is 16.5. The van der Waals surface area contributed by atoms with Crippen LogP contribution < -0.4 is 5.32 Å². The molecule has 3 aromatic rings. The minimum atomic E-state index is -0.224. The van der Waals surface area contributed by atoms with Gasteiger partial charge in [-0.3, -0.25) is 9.36 Å². The Hall–Kier alpha value is -3.29. The van der Waals surface area contributed by atoms with Gasteiger partial charge in [0.15, 0.2) is 11.6 Å². The Morgan fingerprint density at radius 3 is 2.87 bits per heavy atom. The van der Waals surface area contributed by atoms with Crippen molar-refractivity contribution >= 4 is 5.91 Å². The Morgan fingerprint density at radius 2 is 2.13 bits per heavy atom. The highest BCUT2D eigenvalue weighted by Crippen LogP contribution is 2.27. The maximum Gasteiger partial charge on any atom is 0.271 e. The molecule has 3 heterocycles. The Balaban J connectivity index is 1.48. The SMILES string of the molecule is CC(C)(C)c1noc(-c2cccnc2-n2cnc(C(=O)NCCC3=CCCCC3)c2)n1. The maximum atomic E-state index is 12.5. The second kappa shape index (κ2) is 8.83. The second-order valence-electron chi connectivity index (χ2n) is 8.83. The lowest BCUT2D eigenvalue weighted by Gasteiger charge is -2.12. The summed E-state index contributed by atoms with van der Waals surface area (Å²) < 4.78 is 7.19. The Labute approximate surface area is 181 Å². The molecule has 4 rings (SSSR count). The molecule has 8 nitrogen and oxygen atoms in total. The number of carbonyl (C=O) groups excluding carboxylic acids is 1. The summed E-state index contributed by atoms with van der Waals surface area (Å²) in [5, 5.41) is 7.06. The smallest absolute Gasteiger partial charge is 0.271 e. The van der Waals surface area contributed by atoms with E-state index < -0.39 is 0 Å². The molecular weight excluding hydrogens is 392 g/mol. The van der Waals surface area contributed by atoms with Crippen molar-refractivity contribution in [3.05, 3.63) is 54.0 Å². The van der Waals surface area contributed by atoms with Gasteiger partial charge in [-0.2, -0.15) is 4.98 Å². The molecule has 0 radical (unpaired) electrons. The molecule has 1 amide bonds. The van der Waals surface area contributed by atoms with E-state index in [0.717, 1.165) is 19.3 Å². The van der Waals surface area contributed by atoms with Crippen molar-refractivity contribution in [2.24, 2.45) is 0 Å². The summed E-state index contributed by atoms with van der Waals surface area (Å²) in [7, 11) is 0. The molecule has 162 valence electrons. The van der Waals surface area contributed by atoms with Crippen LogP contribution in [0.2, 0.25) is 0 Å². The van der Waals surface area contributed by atoms with Crippen LogP contribution in [0.1, 0.15) is 69.2 Å². The molecule has 1 N–H and O–H groups in total. The fourth-order valence-electron chi connectivity index (χ4n) is 3.52. The zero-order valence-electron chi connectivity index (χ0n) is 18.3. The Morgan fingerprint density at radius 1 is 1.26 bits per heavy atom. The molecule has 1 aliphatic carbocycles. The summed E-state index contributed by atoms with van der Waals surface area (Å²) in [5.74, 6) is 1.38. The minimum Gasteiger partial charge on any atom is -0.350 e. The van der Waals surface area contributed by atoms with Gasteiger partial charge in [0.25, 0.3) is 11.8 Å². The highest BCUT2D eigenvalue weighted by molar-refractivity contribution is 5.92. The van der Waals surface area contributed by atoms with Gasteiger partial charge >= 0.3 is 0 Å². The van der Waals surface area contributed by atoms with Crippen LogP contribution in [0.5, 0.6) is 0 Å². The molecule has 0 unspecified atom stereocenters. The van der Waals surface area contributed by atoms with E-state index >= 15 is 0 Å². The summed E-state index contributed by atoms with van der Waals surface area (Å²) in [6.45, 7) is 6.69. The number of carbonyl (C=O) groups is 1. The monoisotopic (exact) mass is 420 g/mol. The lowest BCUT2D eigenvalue weighted by Crippen LogP contribution is -2.25. The first kappa shape index (κ1) is 21.0. The zero-order valence-corrected chi connectivity index (χ0v) is 18.3. The molecule has 31 heavy (non-hydrogen) atoms. The van der Waals surface area contributed by atoms with E-state index in [0.29, 0.717) is 35.3 Å². The van der Waals surface area contributed by atoms with E-state index in [1.807, 2.05) is 32.9 Å². The standard InChI is InChI=1S/C23H28N6O2/c1-23(2,3)22-27-21(31-28-22)17-10-7-12-24-19(17)29-14-18(26-15-29)20(30)25-13-11-16-8-5-4-6-9-16/h7-8,10,12,14-15H,4-6,9,11,13H2,1-3H3,(H,25,30). The number of nitrogens with zero attached hydrogens (tertiary/aromatic N) is 5. The van der Waals surface area contributed by atoms with Gasteiger partial charge in [0.2, 0.25) is 0 Å². The van der Waals surface area contributed by atoms with Gasteiger partial charge < -0.3 is 9.84 Å². The molecule has 0 saturated heterocycles. The van der Waals surface area contributed by atoms with Gasteiger partial charge in [-0.25, -0.2) is 9.97 Å². The van der Waals surface area contributed by atoms with E-state index in [2.05, 4.69) is 31.5 Å². The third-order valence-corrected chi connectivity index (χ3v) is 5.29. The predicted molar refractivity (Wildman–Crippen MR) is 117 cm³/mol. The molecule has 0 fully saturated rings. The van der Waals surface area contributed by atoms with Gasteiger partial charge in [-0.05, 0) is 44.2 Å². The first-order chi connectivity index (χ1) is 14.9. The molecule has 0 aromatic carbocycles. The van der Waals surface area contributed by atoms with Gasteiger partial charge in [0, 0.05) is 24.4 Å². The molecular formula is C23H28N6O2. The van der Waals surface area contributed by atoms with E-state index in [9.17, 15) is 4.79 Å². The fourth-order valence-corrected chi connectivity index (χ4v) is 3.52. The van der Waals surface area contributed by atoms with E-state index in [1.54, 1.807) is 23.3 Å². The van der Waals surface area contributed by atoms with Crippen LogP contribution in [0.15, 0.2) is 47.0 Å². The molecule has 0 bridgehead atoms. The summed E-state index contributed by atoms with van der Waals surface area (Å²) in [5.41, 5.74) is 2.23. The lowest BCUT2D eigenvalue weighted by molar-refractivity contribution is 0.0949. The van der Waals surface area contributed by atoms with Crippen LogP contribution in [-0.4, -0.2) is 37.1 Å². The summed E-state index contributed by atoms with van der Waals surface area (Å²) in [6, 6.07) is 3.67. The van der Waals surface area contributed by atoms with Gasteiger partial charge in [-0.15, -0.1) is 0 Å². The third-order valence-electron chi connectivity index (χ3n) is 5.29. The van der Waals surface area contributed by atoms with Crippen LogP contribution in [0.3, 0.4) is 0 Å². The third kappa shape index (κ3) is 4.90. The van der Waals surface area contributed by atoms with Gasteiger partial charge in [0.05, 0.1) is 5.56 Å². The van der Waals surface area contributed by atoms with Crippen molar-refractivity contribution in [3.63, 3.8) is 0 Å². The number of pyridine rings is 1. The fraction of sp³-hybridized carbons (Fsp3) is 0.435. The molecule has 1 aliphatic rings. The van der Waals surface area contributed by atoms with E-state index in [1.165, 1.54) is 18.4 Å². The number of aromatic nitrogens is 5. The van der Waals surface area contributed by atoms with Crippen molar-refractivity contribution in [2.45, 2.75) is 58.3 Å². The summed E-state index contributed by atoms with van der Waals surface area (Å²) in [4.78, 5) is 25.8. The minimum absolute atomic E-state index is 0.194. The molecule has 0 spiro atoms. The number of amides is 1. The quantitative estimate of drug-likeness (QED) is 0.599. The van der Waals surface area contributed by atoms with E-state index in [4.69, 9.17) is 4.52 Å². The first-order valence-corrected chi connectivity index (χ1v) is 10.7. The summed E-state index contributed by atoms with van der Waals surface area (Å²) >= 11 is 0. The lowest BCUT2D eigenvalue weighted by atomic mass is 9.96. The average Bonchev–Trinajstić information content (AvgIpc) is 3.44. The van der Waals surface area contributed by atoms with Crippen LogP contribution in [0.4, 0.5) is 0 Å². The predicted octanol–water partition coefficient (Wildman–Crippen LogP) is 4.24. The first-order valence-electron chi connectivity index (χ1n) is 10.7. The number of rotatable bonds is 6. The Kier molecular flexibility index (Phi) is 5.97.